The van der Waals surface area contributed by atoms with Crippen LogP contribution >= 0.6 is 0 Å². The van der Waals surface area contributed by atoms with Gasteiger partial charge in [0.2, 0.25) is 0 Å². The van der Waals surface area contributed by atoms with E-state index >= 15 is 0 Å². The smallest absolute Gasteiger partial charge is 0.0752 e. The van der Waals surface area contributed by atoms with Gasteiger partial charge in [0.1, 0.15) is 0 Å². The number of hydrazone groups is 1. The minimum atomic E-state index is -0.538. The van der Waals surface area contributed by atoms with Gasteiger partial charge in [0.05, 0.1) is 17.8 Å². The highest BCUT2D eigenvalue weighted by atomic mass is 16.3. The molecule has 2 aromatic rings. The van der Waals surface area contributed by atoms with Crippen LogP contribution in [0, 0.1) is 13.8 Å². The molecule has 0 bridgehead atoms. The van der Waals surface area contributed by atoms with Crippen molar-refractivity contribution in [3.05, 3.63) is 84.2 Å². The number of rotatable bonds is 7. The third-order valence-corrected chi connectivity index (χ3v) is 5.17. The van der Waals surface area contributed by atoms with Crippen molar-refractivity contribution in [1.29, 1.82) is 0 Å². The van der Waals surface area contributed by atoms with Gasteiger partial charge in [-0.05, 0) is 60.2 Å². The van der Waals surface area contributed by atoms with Crippen LogP contribution in [-0.2, 0) is 0 Å². The van der Waals surface area contributed by atoms with E-state index in [1.165, 1.54) is 17.2 Å². The number of hydrogen-bond donors (Lipinski definition) is 2. The predicted octanol–water partition coefficient (Wildman–Crippen LogP) is 4.54. The molecular formula is C24H27N3O. The summed E-state index contributed by atoms with van der Waals surface area (Å²) in [6.07, 6.45) is 11.1. The molecule has 1 aliphatic heterocycles. The fourth-order valence-corrected chi connectivity index (χ4v) is 3.28. The number of aliphatic hydroxyl groups is 1. The van der Waals surface area contributed by atoms with Crippen molar-refractivity contribution in [2.75, 3.05) is 0 Å². The highest BCUT2D eigenvalue weighted by molar-refractivity contribution is 5.79. The van der Waals surface area contributed by atoms with Gasteiger partial charge in [-0.1, -0.05) is 36.4 Å². The lowest BCUT2D eigenvalue weighted by Crippen LogP contribution is -2.23. The Morgan fingerprint density at radius 3 is 2.75 bits per heavy atom. The highest BCUT2D eigenvalue weighted by Crippen LogP contribution is 2.33. The first-order valence-electron chi connectivity index (χ1n) is 9.49. The Bertz CT molecular complexity index is 929. The Kier molecular flexibility index (Phi) is 6.22. The molecule has 1 aromatic heterocycles. The molecule has 4 nitrogen and oxygen atoms in total. The lowest BCUT2D eigenvalue weighted by molar-refractivity contribution is 0.227. The zero-order valence-corrected chi connectivity index (χ0v) is 16.5. The second-order valence-corrected chi connectivity index (χ2v) is 7.13. The van der Waals surface area contributed by atoms with Gasteiger partial charge < -0.3 is 10.5 Å². The fraction of sp³-hybridized carbons (Fsp3) is 0.250. The van der Waals surface area contributed by atoms with Crippen molar-refractivity contribution in [3.63, 3.8) is 0 Å². The summed E-state index contributed by atoms with van der Waals surface area (Å²) in [4.78, 5) is 4.62. The van der Waals surface area contributed by atoms with Crippen molar-refractivity contribution >= 4 is 12.3 Å². The van der Waals surface area contributed by atoms with Crippen LogP contribution in [0.3, 0.4) is 0 Å². The maximum Gasteiger partial charge on any atom is 0.0752 e. The topological polar surface area (TPSA) is 57.5 Å². The Balaban J connectivity index is 2.04. The summed E-state index contributed by atoms with van der Waals surface area (Å²) in [5, 5.41) is 13.9. The molecule has 0 radical (unpaired) electrons. The van der Waals surface area contributed by atoms with Gasteiger partial charge in [-0.2, -0.15) is 5.10 Å². The van der Waals surface area contributed by atoms with Crippen LogP contribution in [0.4, 0.5) is 0 Å². The summed E-state index contributed by atoms with van der Waals surface area (Å²) in [5.41, 5.74) is 9.88. The number of aromatic nitrogens is 1. The minimum absolute atomic E-state index is 0.0521. The van der Waals surface area contributed by atoms with Gasteiger partial charge in [-0.15, -0.1) is 13.2 Å². The molecule has 1 aliphatic rings. The number of aliphatic hydroxyl groups excluding tert-OH is 1. The molecule has 2 N–H and O–H groups in total. The summed E-state index contributed by atoms with van der Waals surface area (Å²) in [7, 11) is 0. The Morgan fingerprint density at radius 2 is 2.04 bits per heavy atom. The van der Waals surface area contributed by atoms with E-state index in [1.54, 1.807) is 0 Å². The lowest BCUT2D eigenvalue weighted by Gasteiger charge is -2.19. The maximum absolute atomic E-state index is 9.65. The molecule has 3 unspecified atom stereocenters. The van der Waals surface area contributed by atoms with Gasteiger partial charge in [0.25, 0.3) is 0 Å². The highest BCUT2D eigenvalue weighted by Gasteiger charge is 2.26. The molecule has 3 rings (SSSR count). The van der Waals surface area contributed by atoms with E-state index in [-0.39, 0.29) is 12.0 Å². The number of nitrogens with zero attached hydrogens (tertiary/aromatic N) is 2. The molecule has 28 heavy (non-hydrogen) atoms. The van der Waals surface area contributed by atoms with Gasteiger partial charge in [0.15, 0.2) is 0 Å². The molecular weight excluding hydrogens is 346 g/mol. The maximum atomic E-state index is 9.65. The second kappa shape index (κ2) is 8.81. The average Bonchev–Trinajstić information content (AvgIpc) is 3.18. The molecule has 0 spiro atoms. The van der Waals surface area contributed by atoms with Crippen molar-refractivity contribution in [1.82, 2.24) is 10.4 Å². The van der Waals surface area contributed by atoms with Crippen molar-refractivity contribution < 1.29 is 5.11 Å². The van der Waals surface area contributed by atoms with E-state index in [9.17, 15) is 5.11 Å². The summed E-state index contributed by atoms with van der Waals surface area (Å²) in [6.45, 7) is 11.8. The zero-order valence-electron chi connectivity index (χ0n) is 16.5. The molecule has 0 fully saturated rings. The van der Waals surface area contributed by atoms with Gasteiger partial charge >= 0.3 is 0 Å². The van der Waals surface area contributed by atoms with Crippen molar-refractivity contribution in [2.45, 2.75) is 38.3 Å². The van der Waals surface area contributed by atoms with Gasteiger partial charge in [-0.3, -0.25) is 4.98 Å². The second-order valence-electron chi connectivity index (χ2n) is 7.13. The first-order valence-corrected chi connectivity index (χ1v) is 9.49. The summed E-state index contributed by atoms with van der Waals surface area (Å²) < 4.78 is 0. The van der Waals surface area contributed by atoms with E-state index < -0.39 is 6.10 Å². The number of nitrogens with one attached hydrogen (secondary N) is 1. The van der Waals surface area contributed by atoms with E-state index in [4.69, 9.17) is 0 Å². The van der Waals surface area contributed by atoms with Crippen molar-refractivity contribution in [2.24, 2.45) is 5.10 Å². The number of pyridine rings is 1. The van der Waals surface area contributed by atoms with Crippen LogP contribution in [0.5, 0.6) is 0 Å². The molecule has 3 atom stereocenters. The van der Waals surface area contributed by atoms with E-state index in [2.05, 4.69) is 66.8 Å². The monoisotopic (exact) mass is 373 g/mol. The van der Waals surface area contributed by atoms with Crippen LogP contribution < -0.4 is 5.43 Å². The first-order chi connectivity index (χ1) is 13.5. The first kappa shape index (κ1) is 19.8. The third-order valence-electron chi connectivity index (χ3n) is 5.17. The predicted molar refractivity (Wildman–Crippen MR) is 117 cm³/mol. The summed E-state index contributed by atoms with van der Waals surface area (Å²) in [5.74, 6) is 0.0854. The lowest BCUT2D eigenvalue weighted by atomic mass is 9.87. The average molecular weight is 374 g/mol. The molecule has 0 amide bonds. The van der Waals surface area contributed by atoms with E-state index in [1.807, 2.05) is 30.6 Å². The normalized spacial score (nSPS) is 19.5. The summed E-state index contributed by atoms with van der Waals surface area (Å²) >= 11 is 0. The SMILES string of the molecule is C=CC(O)C/C=C/c1cc(-c2ccc(C)c(C)c2)c(C2C=NNC2C=C)cn1. The van der Waals surface area contributed by atoms with Crippen LogP contribution in [0.25, 0.3) is 17.2 Å². The molecule has 0 saturated carbocycles. The Hall–Kier alpha value is -2.98. The van der Waals surface area contributed by atoms with Gasteiger partial charge in [0, 0.05) is 18.3 Å². The van der Waals surface area contributed by atoms with Crippen LogP contribution in [-0.4, -0.2) is 28.5 Å². The molecule has 0 saturated heterocycles. The molecule has 2 heterocycles. The molecule has 4 heteroatoms. The quantitative estimate of drug-likeness (QED) is 0.701. The third kappa shape index (κ3) is 4.29. The Morgan fingerprint density at radius 1 is 1.21 bits per heavy atom. The zero-order chi connectivity index (χ0) is 20.1. The van der Waals surface area contributed by atoms with E-state index in [0.717, 1.165) is 22.4 Å². The molecule has 144 valence electrons. The standard InChI is InChI=1S/C24H27N3O/c1-5-20(28)9-7-8-19-13-21(18-11-10-16(3)17(4)12-18)22(14-25-19)23-15-26-27-24(23)6-2/h5-8,10-15,20,23-24,27-28H,1-2,9H2,3-4H3/b8-7+. The van der Waals surface area contributed by atoms with Crippen LogP contribution in [0.2, 0.25) is 0 Å². The van der Waals surface area contributed by atoms with Crippen molar-refractivity contribution in [3.8, 4) is 11.1 Å². The number of aryl methyl sites for hydroxylation is 2. The van der Waals surface area contributed by atoms with Gasteiger partial charge in [-0.25, -0.2) is 0 Å². The number of hydrogen-bond acceptors (Lipinski definition) is 4. The molecule has 1 aromatic carbocycles. The van der Waals surface area contributed by atoms with E-state index in [0.29, 0.717) is 6.42 Å². The molecule has 0 aliphatic carbocycles. The van der Waals surface area contributed by atoms with Crippen LogP contribution in [0.1, 0.15) is 34.7 Å². The Labute approximate surface area is 167 Å². The largest absolute Gasteiger partial charge is 0.389 e. The number of benzene rings is 1. The fourth-order valence-electron chi connectivity index (χ4n) is 3.28. The minimum Gasteiger partial charge on any atom is -0.389 e. The van der Waals surface area contributed by atoms with Crippen LogP contribution in [0.15, 0.2) is 66.9 Å². The summed E-state index contributed by atoms with van der Waals surface area (Å²) in [6, 6.07) is 8.67.